The summed E-state index contributed by atoms with van der Waals surface area (Å²) in [4.78, 5) is 31.0. The molecule has 3 aromatic rings. The van der Waals surface area contributed by atoms with Crippen molar-refractivity contribution >= 4 is 11.8 Å². The Kier molecular flexibility index (Phi) is 8.72. The molecule has 1 aliphatic rings. The summed E-state index contributed by atoms with van der Waals surface area (Å²) in [6.07, 6.45) is -3.89. The number of benzene rings is 3. The summed E-state index contributed by atoms with van der Waals surface area (Å²) in [6, 6.07) is 17.9. The van der Waals surface area contributed by atoms with E-state index in [4.69, 9.17) is 0 Å². The highest BCUT2D eigenvalue weighted by molar-refractivity contribution is 6.01. The molecule has 6 nitrogen and oxygen atoms in total. The largest absolute Gasteiger partial charge is 0.416 e. The minimum atomic E-state index is -4.60. The predicted octanol–water partition coefficient (Wildman–Crippen LogP) is 4.75. The van der Waals surface area contributed by atoms with Crippen LogP contribution in [-0.2, 0) is 24.1 Å². The normalized spacial score (nSPS) is 17.3. The third-order valence-corrected chi connectivity index (χ3v) is 6.97. The third-order valence-electron chi connectivity index (χ3n) is 6.97. The lowest BCUT2D eigenvalue weighted by Crippen LogP contribution is -2.47. The zero-order valence-electron chi connectivity index (χ0n) is 21.9. The number of nitrogens with zero attached hydrogens (tertiary/aromatic N) is 2. The molecule has 0 aliphatic carbocycles. The molecular weight excluding hydrogens is 507 g/mol. The van der Waals surface area contributed by atoms with Crippen LogP contribution in [0.1, 0.15) is 56.6 Å². The first-order valence-corrected chi connectivity index (χ1v) is 12.8. The van der Waals surface area contributed by atoms with Crippen molar-refractivity contribution in [1.29, 1.82) is 0 Å². The molecule has 0 saturated carbocycles. The molecule has 206 valence electrons. The highest BCUT2D eigenvalue weighted by Crippen LogP contribution is 2.44. The van der Waals surface area contributed by atoms with Gasteiger partial charge in [0.15, 0.2) is 0 Å². The number of aliphatic hydroxyl groups excluding tert-OH is 1. The quantitative estimate of drug-likeness (QED) is 0.385. The second kappa shape index (κ2) is 12.0. The van der Waals surface area contributed by atoms with Crippen molar-refractivity contribution in [2.45, 2.75) is 37.7 Å². The molecule has 0 fully saturated rings. The molecule has 0 unspecified atom stereocenters. The number of carbonyl (C=O) groups excluding carboxylic acids is 2. The number of hydrogen-bond acceptors (Lipinski definition) is 4. The molecule has 3 aromatic carbocycles. The van der Waals surface area contributed by atoms with Gasteiger partial charge < -0.3 is 20.2 Å². The van der Waals surface area contributed by atoms with Gasteiger partial charge >= 0.3 is 6.18 Å². The summed E-state index contributed by atoms with van der Waals surface area (Å²) in [6.45, 7) is 0.661. The smallest absolute Gasteiger partial charge is 0.392 e. The number of aliphatic hydroxyl groups is 1. The Labute approximate surface area is 226 Å². The molecule has 0 bridgehead atoms. The Bertz CT molecular complexity index is 1310. The average molecular weight is 540 g/mol. The van der Waals surface area contributed by atoms with Gasteiger partial charge in [0.25, 0.3) is 5.91 Å². The van der Waals surface area contributed by atoms with E-state index in [1.165, 1.54) is 23.1 Å². The van der Waals surface area contributed by atoms with Crippen LogP contribution < -0.4 is 5.32 Å². The molecule has 1 aliphatic heterocycles. The summed E-state index contributed by atoms with van der Waals surface area (Å²) in [5.41, 5.74) is 1.17. The van der Waals surface area contributed by atoms with Crippen molar-refractivity contribution in [2.75, 3.05) is 27.2 Å². The summed E-state index contributed by atoms with van der Waals surface area (Å²) in [5, 5.41) is 12.5. The fraction of sp³-hybridized carbons (Fsp3) is 0.333. The zero-order chi connectivity index (χ0) is 28.2. The fourth-order valence-electron chi connectivity index (χ4n) is 5.08. The Hall–Kier alpha value is -3.69. The van der Waals surface area contributed by atoms with Crippen LogP contribution in [0.15, 0.2) is 72.8 Å². The lowest BCUT2D eigenvalue weighted by molar-refractivity contribution is -0.138. The van der Waals surface area contributed by atoms with Crippen LogP contribution in [0, 0.1) is 0 Å². The standard InChI is InChI=1S/C30H32F3N3O3/c1-35(2)17-7-16-34-28(38)26-23-9-4-5-10-24(23)29(39)36(27(26)21-14-12-20(19-37)13-15-21)18-22-8-3-6-11-25(22)30(31,32)33/h3-6,8-15,26-27,37H,7,16-19H2,1-2H3,(H,34,38)/t26-,27+/m1/s1. The van der Waals surface area contributed by atoms with E-state index in [1.807, 2.05) is 19.0 Å². The Morgan fingerprint density at radius 3 is 2.33 bits per heavy atom. The van der Waals surface area contributed by atoms with Crippen LogP contribution in [0.5, 0.6) is 0 Å². The highest BCUT2D eigenvalue weighted by atomic mass is 19.4. The summed E-state index contributed by atoms with van der Waals surface area (Å²) in [7, 11) is 3.88. The maximum Gasteiger partial charge on any atom is 0.416 e. The van der Waals surface area contributed by atoms with Gasteiger partial charge in [-0.2, -0.15) is 13.2 Å². The van der Waals surface area contributed by atoms with E-state index in [0.29, 0.717) is 35.2 Å². The monoisotopic (exact) mass is 539 g/mol. The Balaban J connectivity index is 1.81. The van der Waals surface area contributed by atoms with Crippen LogP contribution in [0.25, 0.3) is 0 Å². The number of nitrogens with one attached hydrogen (secondary N) is 1. The summed E-state index contributed by atoms with van der Waals surface area (Å²) < 4.78 is 41.6. The van der Waals surface area contributed by atoms with Crippen LogP contribution in [-0.4, -0.2) is 53.9 Å². The van der Waals surface area contributed by atoms with Gasteiger partial charge in [-0.15, -0.1) is 0 Å². The number of amides is 2. The molecule has 4 rings (SSSR count). The van der Waals surface area contributed by atoms with Gasteiger partial charge in [0.1, 0.15) is 0 Å². The first kappa shape index (κ1) is 28.3. The molecule has 2 atom stereocenters. The van der Waals surface area contributed by atoms with Crippen molar-refractivity contribution in [3.05, 3.63) is 106 Å². The van der Waals surface area contributed by atoms with Gasteiger partial charge in [0.2, 0.25) is 5.91 Å². The molecule has 1 heterocycles. The third kappa shape index (κ3) is 6.32. The average Bonchev–Trinajstić information content (AvgIpc) is 2.92. The summed E-state index contributed by atoms with van der Waals surface area (Å²) in [5.74, 6) is -1.61. The molecule has 0 saturated heterocycles. The van der Waals surface area contributed by atoms with E-state index in [1.54, 1.807) is 48.5 Å². The van der Waals surface area contributed by atoms with Crippen molar-refractivity contribution in [1.82, 2.24) is 15.1 Å². The first-order valence-electron chi connectivity index (χ1n) is 12.8. The lowest BCUT2D eigenvalue weighted by Gasteiger charge is -2.42. The van der Waals surface area contributed by atoms with Gasteiger partial charge in [0, 0.05) is 18.7 Å². The molecule has 0 radical (unpaired) electrons. The maximum atomic E-state index is 13.9. The second-order valence-electron chi connectivity index (χ2n) is 9.95. The Morgan fingerprint density at radius 1 is 1.00 bits per heavy atom. The number of rotatable bonds is 9. The zero-order valence-corrected chi connectivity index (χ0v) is 21.9. The fourth-order valence-corrected chi connectivity index (χ4v) is 5.08. The van der Waals surface area contributed by atoms with E-state index in [0.717, 1.165) is 12.6 Å². The van der Waals surface area contributed by atoms with Gasteiger partial charge in [-0.1, -0.05) is 60.7 Å². The minimum Gasteiger partial charge on any atom is -0.392 e. The number of alkyl halides is 3. The molecule has 9 heteroatoms. The van der Waals surface area contributed by atoms with E-state index in [-0.39, 0.29) is 24.6 Å². The van der Waals surface area contributed by atoms with Crippen LogP contribution in [0.3, 0.4) is 0 Å². The van der Waals surface area contributed by atoms with E-state index < -0.39 is 29.6 Å². The molecule has 2 amide bonds. The number of hydrogen-bond donors (Lipinski definition) is 2. The van der Waals surface area contributed by atoms with Crippen LogP contribution >= 0.6 is 0 Å². The number of carbonyl (C=O) groups is 2. The summed E-state index contributed by atoms with van der Waals surface area (Å²) >= 11 is 0. The van der Waals surface area contributed by atoms with E-state index in [2.05, 4.69) is 5.32 Å². The Morgan fingerprint density at radius 2 is 1.67 bits per heavy atom. The molecule has 39 heavy (non-hydrogen) atoms. The van der Waals surface area contributed by atoms with Gasteiger partial charge in [-0.05, 0) is 61.4 Å². The van der Waals surface area contributed by atoms with Gasteiger partial charge in [-0.3, -0.25) is 9.59 Å². The first-order chi connectivity index (χ1) is 18.6. The molecule has 0 spiro atoms. The molecule has 2 N–H and O–H groups in total. The number of halogens is 3. The van der Waals surface area contributed by atoms with Crippen LogP contribution in [0.2, 0.25) is 0 Å². The predicted molar refractivity (Wildman–Crippen MR) is 142 cm³/mol. The highest BCUT2D eigenvalue weighted by Gasteiger charge is 2.45. The van der Waals surface area contributed by atoms with Crippen LogP contribution in [0.4, 0.5) is 13.2 Å². The van der Waals surface area contributed by atoms with Gasteiger partial charge in [0.05, 0.1) is 24.1 Å². The molecule has 0 aromatic heterocycles. The maximum absolute atomic E-state index is 13.9. The number of fused-ring (bicyclic) bond motifs is 1. The van der Waals surface area contributed by atoms with E-state index in [9.17, 15) is 27.9 Å². The minimum absolute atomic E-state index is 0.0557. The van der Waals surface area contributed by atoms with Crippen molar-refractivity contribution < 1.29 is 27.9 Å². The molecular formula is C30H32F3N3O3. The topological polar surface area (TPSA) is 72.9 Å². The van der Waals surface area contributed by atoms with Gasteiger partial charge in [-0.25, -0.2) is 0 Å². The SMILES string of the molecule is CN(C)CCCNC(=O)[C@@H]1c2ccccc2C(=O)N(Cc2ccccc2C(F)(F)F)[C@H]1c1ccc(CO)cc1. The second-order valence-corrected chi connectivity index (χ2v) is 9.95. The van der Waals surface area contributed by atoms with Crippen molar-refractivity contribution in [2.24, 2.45) is 0 Å². The lowest BCUT2D eigenvalue weighted by atomic mass is 9.78. The van der Waals surface area contributed by atoms with Crippen molar-refractivity contribution in [3.8, 4) is 0 Å². The van der Waals surface area contributed by atoms with Crippen molar-refractivity contribution in [3.63, 3.8) is 0 Å². The van der Waals surface area contributed by atoms with E-state index >= 15 is 0 Å².